The predicted molar refractivity (Wildman–Crippen MR) is 141 cm³/mol. The topological polar surface area (TPSA) is 82.0 Å². The van der Waals surface area contributed by atoms with E-state index in [0.717, 1.165) is 75.5 Å². The monoisotopic (exact) mass is 523 g/mol. The van der Waals surface area contributed by atoms with E-state index in [4.69, 9.17) is 0 Å². The Bertz CT molecular complexity index is 971. The molecule has 1 unspecified atom stereocenters. The molecule has 1 fully saturated rings. The van der Waals surface area contributed by atoms with Crippen molar-refractivity contribution in [3.63, 3.8) is 0 Å². The van der Waals surface area contributed by atoms with Gasteiger partial charge >= 0.3 is 6.18 Å². The minimum atomic E-state index is -4.57. The number of nitrogens with one attached hydrogen (secondary N) is 3. The zero-order chi connectivity index (χ0) is 26.8. The van der Waals surface area contributed by atoms with E-state index in [1.807, 2.05) is 6.92 Å². The normalized spacial score (nSPS) is 17.2. The van der Waals surface area contributed by atoms with Crippen molar-refractivity contribution < 1.29 is 22.5 Å². The van der Waals surface area contributed by atoms with E-state index in [1.165, 1.54) is 6.42 Å². The van der Waals surface area contributed by atoms with E-state index in [0.29, 0.717) is 19.0 Å². The third-order valence-electron chi connectivity index (χ3n) is 7.25. The lowest BCUT2D eigenvalue weighted by atomic mass is 9.85. The van der Waals surface area contributed by atoms with Crippen LogP contribution in [-0.4, -0.2) is 51.8 Å². The highest BCUT2D eigenvalue weighted by Crippen LogP contribution is 2.34. The van der Waals surface area contributed by atoms with Crippen LogP contribution in [0.3, 0.4) is 0 Å². The number of carbonyl (C=O) groups is 1. The lowest BCUT2D eigenvalue weighted by Gasteiger charge is -2.24. The molecule has 1 aromatic rings. The number of hydrogen-bond acceptors (Lipinski definition) is 5. The summed E-state index contributed by atoms with van der Waals surface area (Å²) in [6.45, 7) is 8.04. The second-order valence-corrected chi connectivity index (χ2v) is 10.0. The zero-order valence-corrected chi connectivity index (χ0v) is 22.4. The van der Waals surface area contributed by atoms with Crippen LogP contribution >= 0.6 is 0 Å². The Morgan fingerprint density at radius 1 is 1.16 bits per heavy atom. The molecule has 7 nitrogen and oxygen atoms in total. The number of allylic oxidation sites excluding steroid dienone is 1. The Hall–Kier alpha value is -2.65. The Labute approximate surface area is 218 Å². The maximum Gasteiger partial charge on any atom is 0.421 e. The van der Waals surface area contributed by atoms with Crippen LogP contribution in [0.1, 0.15) is 90.5 Å². The smallest absolute Gasteiger partial charge is 0.369 e. The van der Waals surface area contributed by atoms with E-state index >= 15 is 0 Å². The predicted octanol–water partition coefficient (Wildman–Crippen LogP) is 5.75. The summed E-state index contributed by atoms with van der Waals surface area (Å²) in [6, 6.07) is 0.450. The van der Waals surface area contributed by atoms with Crippen molar-refractivity contribution in [3.8, 4) is 0 Å². The first-order valence-corrected chi connectivity index (χ1v) is 13.8. The third-order valence-corrected chi connectivity index (χ3v) is 7.25. The minimum Gasteiger partial charge on any atom is -0.369 e. The maximum absolute atomic E-state index is 13.6. The molecular weight excluding hydrogens is 481 g/mol. The van der Waals surface area contributed by atoms with Gasteiger partial charge in [0.2, 0.25) is 11.9 Å². The molecule has 3 rings (SSSR count). The molecule has 1 amide bonds. The maximum atomic E-state index is 13.6. The average molecular weight is 524 g/mol. The Morgan fingerprint density at radius 2 is 1.95 bits per heavy atom. The summed E-state index contributed by atoms with van der Waals surface area (Å²) in [5.74, 6) is -0.00242. The summed E-state index contributed by atoms with van der Waals surface area (Å²) in [4.78, 5) is 20.1. The molecule has 1 atom stereocenters. The molecule has 206 valence electrons. The van der Waals surface area contributed by atoms with Crippen LogP contribution in [0.25, 0.3) is 0 Å². The molecule has 0 radical (unpaired) electrons. The van der Waals surface area contributed by atoms with Crippen molar-refractivity contribution >= 4 is 23.4 Å². The first-order chi connectivity index (χ1) is 17.7. The van der Waals surface area contributed by atoms with Gasteiger partial charge in [0.1, 0.15) is 23.6 Å². The number of halogens is 3. The molecule has 1 aromatic heterocycles. The van der Waals surface area contributed by atoms with Gasteiger partial charge in [-0.1, -0.05) is 26.7 Å². The summed E-state index contributed by atoms with van der Waals surface area (Å²) in [5, 5.41) is 8.84. The van der Waals surface area contributed by atoms with Gasteiger partial charge in [-0.2, -0.15) is 18.2 Å². The standard InChI is InChI=1S/C27H41F3N6O/c1-4-6-13-21(10-5-2)36-17-8-14-23(19(36)3)34-26-33-18-22(27(28,29)30)24(35-26)31-15-9-16-32-25(37)20-11-7-12-20/h14,18,20-21H,4-13,15-17H2,1-3H3,(H2-,31,32,33,34,35,37)/p+1. The number of aromatic nitrogens is 2. The average Bonchev–Trinajstić information content (AvgIpc) is 2.81. The summed E-state index contributed by atoms with van der Waals surface area (Å²) < 4.78 is 43.3. The second-order valence-electron chi connectivity index (χ2n) is 10.0. The molecule has 0 bridgehead atoms. The van der Waals surface area contributed by atoms with Crippen LogP contribution in [0.15, 0.2) is 18.0 Å². The Balaban J connectivity index is 1.67. The number of hydrogen-bond donors (Lipinski definition) is 3. The molecule has 10 heteroatoms. The zero-order valence-electron chi connectivity index (χ0n) is 22.4. The van der Waals surface area contributed by atoms with Crippen LogP contribution in [0.4, 0.5) is 24.9 Å². The van der Waals surface area contributed by atoms with Gasteiger partial charge in [0, 0.05) is 51.4 Å². The SMILES string of the molecule is CCCCC(CCC)[N+]1=C(C)C(Nc2ncc(C(F)(F)F)c(NCCCNC(=O)C3CCC3)n2)=CCC1. The minimum absolute atomic E-state index is 0.0352. The van der Waals surface area contributed by atoms with Gasteiger partial charge in [-0.25, -0.2) is 9.56 Å². The summed E-state index contributed by atoms with van der Waals surface area (Å²) >= 11 is 0. The quantitative estimate of drug-likeness (QED) is 0.214. The summed E-state index contributed by atoms with van der Waals surface area (Å²) in [5.41, 5.74) is 1.01. The molecule has 2 heterocycles. The highest BCUT2D eigenvalue weighted by molar-refractivity contribution is 5.97. The molecule has 0 spiro atoms. The summed E-state index contributed by atoms with van der Waals surface area (Å²) in [6.07, 6.45) is 8.22. The van der Waals surface area contributed by atoms with Crippen molar-refractivity contribution in [3.05, 3.63) is 23.5 Å². The van der Waals surface area contributed by atoms with Crippen LogP contribution in [0.5, 0.6) is 0 Å². The number of nitrogens with zero attached hydrogens (tertiary/aromatic N) is 3. The first kappa shape index (κ1) is 28.9. The highest BCUT2D eigenvalue weighted by Gasteiger charge is 2.35. The fraction of sp³-hybridized carbons (Fsp3) is 0.704. The molecule has 1 aliphatic heterocycles. The van der Waals surface area contributed by atoms with Gasteiger partial charge in [0.25, 0.3) is 0 Å². The van der Waals surface area contributed by atoms with Crippen LogP contribution < -0.4 is 16.0 Å². The molecule has 1 aliphatic carbocycles. The number of anilines is 2. The number of amides is 1. The fourth-order valence-electron chi connectivity index (χ4n) is 4.87. The number of carbonyl (C=O) groups excluding carboxylic acids is 1. The van der Waals surface area contributed by atoms with Crippen LogP contribution in [0.2, 0.25) is 0 Å². The number of alkyl halides is 3. The van der Waals surface area contributed by atoms with Gasteiger partial charge in [-0.15, -0.1) is 0 Å². The van der Waals surface area contributed by atoms with E-state index in [1.54, 1.807) is 0 Å². The van der Waals surface area contributed by atoms with Gasteiger partial charge in [0.05, 0.1) is 0 Å². The Morgan fingerprint density at radius 3 is 2.59 bits per heavy atom. The first-order valence-electron chi connectivity index (χ1n) is 13.8. The third kappa shape index (κ3) is 8.17. The lowest BCUT2D eigenvalue weighted by molar-refractivity contribution is -0.568. The highest BCUT2D eigenvalue weighted by atomic mass is 19.4. The molecule has 2 aliphatic rings. The molecule has 1 saturated carbocycles. The van der Waals surface area contributed by atoms with Crippen molar-refractivity contribution in [1.29, 1.82) is 0 Å². The van der Waals surface area contributed by atoms with E-state index in [-0.39, 0.29) is 30.1 Å². The number of rotatable bonds is 14. The van der Waals surface area contributed by atoms with Crippen LogP contribution in [0, 0.1) is 5.92 Å². The molecule has 0 aromatic carbocycles. The molecular formula is C27H42F3N6O+. The van der Waals surface area contributed by atoms with Crippen molar-refractivity contribution in [2.75, 3.05) is 30.3 Å². The van der Waals surface area contributed by atoms with Crippen molar-refractivity contribution in [1.82, 2.24) is 15.3 Å². The number of unbranched alkanes of at least 4 members (excludes halogenated alkanes) is 1. The van der Waals surface area contributed by atoms with Crippen LogP contribution in [-0.2, 0) is 11.0 Å². The second kappa shape index (κ2) is 13.8. The Kier molecular flexibility index (Phi) is 10.8. The molecule has 3 N–H and O–H groups in total. The van der Waals surface area contributed by atoms with Gasteiger partial charge in [-0.05, 0) is 38.2 Å². The lowest BCUT2D eigenvalue weighted by Crippen LogP contribution is -2.36. The van der Waals surface area contributed by atoms with Gasteiger partial charge in [-0.3, -0.25) is 4.79 Å². The van der Waals surface area contributed by atoms with E-state index in [9.17, 15) is 18.0 Å². The van der Waals surface area contributed by atoms with Crippen molar-refractivity contribution in [2.24, 2.45) is 5.92 Å². The largest absolute Gasteiger partial charge is 0.421 e. The van der Waals surface area contributed by atoms with Crippen molar-refractivity contribution in [2.45, 2.75) is 97.2 Å². The van der Waals surface area contributed by atoms with Gasteiger partial charge < -0.3 is 16.0 Å². The van der Waals surface area contributed by atoms with Gasteiger partial charge in [0.15, 0.2) is 11.8 Å². The fourth-order valence-corrected chi connectivity index (χ4v) is 4.87. The van der Waals surface area contributed by atoms with E-state index < -0.39 is 11.7 Å². The molecule has 37 heavy (non-hydrogen) atoms. The molecule has 0 saturated heterocycles. The van der Waals surface area contributed by atoms with E-state index in [2.05, 4.69) is 50.4 Å². The summed E-state index contributed by atoms with van der Waals surface area (Å²) in [7, 11) is 0.